The number of cyclic esters (lactones) is 1. The molecule has 156 valence electrons. The summed E-state index contributed by atoms with van der Waals surface area (Å²) in [6, 6.07) is -0.275. The highest BCUT2D eigenvalue weighted by molar-refractivity contribution is 5.93. The first-order valence-electron chi connectivity index (χ1n) is 11.3. The van der Waals surface area contributed by atoms with E-state index < -0.39 is 0 Å². The van der Waals surface area contributed by atoms with Crippen molar-refractivity contribution < 1.29 is 14.3 Å². The lowest BCUT2D eigenvalue weighted by atomic mass is 9.45. The summed E-state index contributed by atoms with van der Waals surface area (Å²) >= 11 is 0. The smallest absolute Gasteiger partial charge is 0.336 e. The Bertz CT molecular complexity index is 690. The van der Waals surface area contributed by atoms with Crippen molar-refractivity contribution in [1.29, 1.82) is 0 Å². The molecule has 4 aliphatic rings. The van der Waals surface area contributed by atoms with Crippen molar-refractivity contribution in [2.75, 3.05) is 6.61 Å². The second-order valence-electron chi connectivity index (χ2n) is 10.9. The van der Waals surface area contributed by atoms with E-state index in [4.69, 9.17) is 4.74 Å². The van der Waals surface area contributed by atoms with Gasteiger partial charge in [0.15, 0.2) is 0 Å². The molecule has 4 nitrogen and oxygen atoms in total. The van der Waals surface area contributed by atoms with Crippen LogP contribution < -0.4 is 5.32 Å². The van der Waals surface area contributed by atoms with Crippen molar-refractivity contribution in [3.8, 4) is 0 Å². The minimum absolute atomic E-state index is 0.113. The second-order valence-corrected chi connectivity index (χ2v) is 10.9. The van der Waals surface area contributed by atoms with Gasteiger partial charge < -0.3 is 10.1 Å². The molecule has 1 unspecified atom stereocenters. The third kappa shape index (κ3) is 3.31. The molecule has 1 spiro atoms. The van der Waals surface area contributed by atoms with Crippen LogP contribution in [0.25, 0.3) is 0 Å². The maximum atomic E-state index is 12.1. The van der Waals surface area contributed by atoms with E-state index in [2.05, 4.69) is 32.2 Å². The van der Waals surface area contributed by atoms with Gasteiger partial charge in [0.05, 0.1) is 11.6 Å². The molecule has 3 aliphatic carbocycles. The largest absolute Gasteiger partial charge is 0.460 e. The van der Waals surface area contributed by atoms with Crippen LogP contribution in [0.1, 0.15) is 85.5 Å². The Morgan fingerprint density at radius 2 is 1.93 bits per heavy atom. The Labute approximate surface area is 169 Å². The minimum atomic E-state index is -0.275. The van der Waals surface area contributed by atoms with Gasteiger partial charge in [-0.15, -0.1) is 0 Å². The Morgan fingerprint density at radius 3 is 2.61 bits per heavy atom. The van der Waals surface area contributed by atoms with E-state index in [-0.39, 0.29) is 24.5 Å². The van der Waals surface area contributed by atoms with E-state index >= 15 is 0 Å². The fraction of sp³-hybridized carbons (Fsp3) is 0.833. The molecule has 4 atom stereocenters. The molecule has 0 bridgehead atoms. The number of carbonyl (C=O) groups excluding carboxylic acids is 2. The SMILES string of the molecule is CC(=O)NC1COC(=O)/C1=C/CC[C@H]1C2(CC[C@H]3C(C)(C)CCC[C@@]31C)CC2. The number of amides is 1. The number of allylic oxidation sites excluding steroid dienone is 1. The van der Waals surface area contributed by atoms with E-state index in [1.54, 1.807) is 0 Å². The Morgan fingerprint density at radius 1 is 1.18 bits per heavy atom. The van der Waals surface area contributed by atoms with Crippen molar-refractivity contribution in [3.05, 3.63) is 11.6 Å². The van der Waals surface area contributed by atoms with Crippen molar-refractivity contribution in [2.24, 2.45) is 28.1 Å². The first-order valence-corrected chi connectivity index (χ1v) is 11.3. The predicted octanol–water partition coefficient (Wildman–Crippen LogP) is 4.78. The molecule has 1 aliphatic heterocycles. The van der Waals surface area contributed by atoms with E-state index in [0.29, 0.717) is 21.8 Å². The summed E-state index contributed by atoms with van der Waals surface area (Å²) in [7, 11) is 0. The number of nitrogens with one attached hydrogen (secondary N) is 1. The van der Waals surface area contributed by atoms with Gasteiger partial charge in [0.1, 0.15) is 6.61 Å². The summed E-state index contributed by atoms with van der Waals surface area (Å²) in [4.78, 5) is 23.5. The third-order valence-electron chi connectivity index (χ3n) is 8.82. The standard InChI is InChI=1S/C24H37NO3/c1-16(26)25-18-15-28-21(27)17(18)7-5-8-20-23(4)11-6-10-22(2,3)19(23)9-12-24(20)13-14-24/h7,18-20H,5-6,8-15H2,1-4H3,(H,25,26)/b17-7+/t18?,19-,20+,23-/m0/s1. The van der Waals surface area contributed by atoms with Gasteiger partial charge in [0, 0.05) is 6.92 Å². The molecule has 0 aromatic heterocycles. The molecule has 4 fully saturated rings. The van der Waals surface area contributed by atoms with Crippen LogP contribution >= 0.6 is 0 Å². The summed E-state index contributed by atoms with van der Waals surface area (Å²) in [5.74, 6) is 1.21. The average Bonchev–Trinajstić information content (AvgIpc) is 3.28. The summed E-state index contributed by atoms with van der Waals surface area (Å²) < 4.78 is 5.19. The van der Waals surface area contributed by atoms with Crippen LogP contribution in [0.2, 0.25) is 0 Å². The Hall–Kier alpha value is -1.32. The molecule has 1 N–H and O–H groups in total. The number of ether oxygens (including phenoxy) is 1. The van der Waals surface area contributed by atoms with E-state index in [9.17, 15) is 9.59 Å². The normalized spacial score (nSPS) is 39.5. The van der Waals surface area contributed by atoms with Gasteiger partial charge in [-0.05, 0) is 79.4 Å². The lowest BCUT2D eigenvalue weighted by molar-refractivity contribution is -0.135. The maximum absolute atomic E-state index is 12.1. The topological polar surface area (TPSA) is 55.4 Å². The summed E-state index contributed by atoms with van der Waals surface area (Å²) in [5, 5.41) is 2.85. The van der Waals surface area contributed by atoms with E-state index in [1.807, 2.05) is 0 Å². The maximum Gasteiger partial charge on any atom is 0.336 e. The Kier molecular flexibility index (Phi) is 4.91. The fourth-order valence-electron chi connectivity index (χ4n) is 7.47. The molecule has 1 saturated heterocycles. The molecule has 0 aromatic rings. The summed E-state index contributed by atoms with van der Waals surface area (Å²) in [5.41, 5.74) is 2.11. The first-order chi connectivity index (χ1) is 13.2. The predicted molar refractivity (Wildman–Crippen MR) is 110 cm³/mol. The van der Waals surface area contributed by atoms with Crippen molar-refractivity contribution in [1.82, 2.24) is 5.32 Å². The molecule has 28 heavy (non-hydrogen) atoms. The molecule has 4 rings (SSSR count). The van der Waals surface area contributed by atoms with Crippen molar-refractivity contribution in [3.63, 3.8) is 0 Å². The van der Waals surface area contributed by atoms with Gasteiger partial charge in [-0.25, -0.2) is 4.79 Å². The van der Waals surface area contributed by atoms with E-state index in [0.717, 1.165) is 24.7 Å². The molecule has 4 heteroatoms. The lowest BCUT2D eigenvalue weighted by Gasteiger charge is -2.60. The van der Waals surface area contributed by atoms with Gasteiger partial charge in [-0.3, -0.25) is 4.79 Å². The number of carbonyl (C=O) groups is 2. The van der Waals surface area contributed by atoms with Crippen LogP contribution in [0.4, 0.5) is 0 Å². The molecule has 0 aromatic carbocycles. The monoisotopic (exact) mass is 387 g/mol. The number of hydrogen-bond donors (Lipinski definition) is 1. The third-order valence-corrected chi connectivity index (χ3v) is 8.82. The van der Waals surface area contributed by atoms with Gasteiger partial charge in [-0.2, -0.15) is 0 Å². The fourth-order valence-corrected chi connectivity index (χ4v) is 7.47. The molecule has 1 amide bonds. The van der Waals surface area contributed by atoms with Crippen LogP contribution in [0.3, 0.4) is 0 Å². The molecule has 3 saturated carbocycles. The van der Waals surface area contributed by atoms with E-state index in [1.165, 1.54) is 51.9 Å². The van der Waals surface area contributed by atoms with Gasteiger partial charge in [0.2, 0.25) is 5.91 Å². The quantitative estimate of drug-likeness (QED) is 0.558. The number of esters is 1. The first kappa shape index (κ1) is 20.0. The zero-order chi connectivity index (χ0) is 20.2. The minimum Gasteiger partial charge on any atom is -0.460 e. The molecule has 0 radical (unpaired) electrons. The molecular formula is C24H37NO3. The summed E-state index contributed by atoms with van der Waals surface area (Å²) in [6.07, 6.45) is 13.8. The average molecular weight is 388 g/mol. The number of rotatable bonds is 4. The zero-order valence-corrected chi connectivity index (χ0v) is 18.1. The van der Waals surface area contributed by atoms with Crippen LogP contribution in [-0.4, -0.2) is 24.5 Å². The molecule has 1 heterocycles. The van der Waals surface area contributed by atoms with Crippen LogP contribution in [0.15, 0.2) is 11.6 Å². The highest BCUT2D eigenvalue weighted by atomic mass is 16.5. The van der Waals surface area contributed by atoms with Crippen LogP contribution in [0.5, 0.6) is 0 Å². The zero-order valence-electron chi connectivity index (χ0n) is 18.1. The van der Waals surface area contributed by atoms with Crippen molar-refractivity contribution in [2.45, 2.75) is 91.5 Å². The van der Waals surface area contributed by atoms with Crippen molar-refractivity contribution >= 4 is 11.9 Å². The highest BCUT2D eigenvalue weighted by Gasteiger charge is 2.62. The Balaban J connectivity index is 1.51. The second kappa shape index (κ2) is 6.88. The van der Waals surface area contributed by atoms with Gasteiger partial charge in [0.25, 0.3) is 0 Å². The number of hydrogen-bond acceptors (Lipinski definition) is 3. The highest BCUT2D eigenvalue weighted by Crippen LogP contribution is 2.72. The van der Waals surface area contributed by atoms with Crippen LogP contribution in [-0.2, 0) is 14.3 Å². The van der Waals surface area contributed by atoms with Crippen LogP contribution in [0, 0.1) is 28.1 Å². The number of fused-ring (bicyclic) bond motifs is 1. The lowest BCUT2D eigenvalue weighted by Crippen LogP contribution is -2.52. The molecular weight excluding hydrogens is 350 g/mol. The summed E-state index contributed by atoms with van der Waals surface area (Å²) in [6.45, 7) is 9.33. The van der Waals surface area contributed by atoms with Gasteiger partial charge in [-0.1, -0.05) is 33.3 Å². The van der Waals surface area contributed by atoms with Gasteiger partial charge >= 0.3 is 5.97 Å².